The minimum absolute atomic E-state index is 0.0581. The van der Waals surface area contributed by atoms with Crippen molar-refractivity contribution in [1.82, 2.24) is 9.55 Å². The van der Waals surface area contributed by atoms with Crippen molar-refractivity contribution in [1.29, 1.82) is 0 Å². The standard InChI is InChI=1S/C13H18N4O4/c1-4-13(15)10(19)9(7(3)18)21-11(13)17-6(2)5-8(14)16-12(17)20/h1,5,7,9-11,18-19H,15H2,2-3H3,(H2,14,16,20)/t7-,9-,10+,11-,13?/m1/s1. The highest BCUT2D eigenvalue weighted by Gasteiger charge is 2.56. The van der Waals surface area contributed by atoms with Crippen LogP contribution in [0.2, 0.25) is 0 Å². The van der Waals surface area contributed by atoms with E-state index in [0.29, 0.717) is 5.69 Å². The van der Waals surface area contributed by atoms with Crippen molar-refractivity contribution < 1.29 is 14.9 Å². The second-order valence-corrected chi connectivity index (χ2v) is 5.19. The summed E-state index contributed by atoms with van der Waals surface area (Å²) in [6, 6.07) is 1.46. The first-order chi connectivity index (χ1) is 9.72. The number of terminal acetylenes is 1. The van der Waals surface area contributed by atoms with E-state index in [2.05, 4.69) is 10.9 Å². The molecule has 1 aromatic rings. The number of hydrogen-bond acceptors (Lipinski definition) is 7. The molecule has 0 aromatic carbocycles. The van der Waals surface area contributed by atoms with Gasteiger partial charge in [0.05, 0.1) is 6.10 Å². The Morgan fingerprint density at radius 1 is 1.67 bits per heavy atom. The molecule has 1 aromatic heterocycles. The van der Waals surface area contributed by atoms with E-state index in [1.165, 1.54) is 13.0 Å². The predicted octanol–water partition coefficient (Wildman–Crippen LogP) is -1.90. The van der Waals surface area contributed by atoms with Crippen LogP contribution >= 0.6 is 0 Å². The zero-order valence-corrected chi connectivity index (χ0v) is 11.7. The second kappa shape index (κ2) is 5.13. The molecule has 8 nitrogen and oxygen atoms in total. The Balaban J connectivity index is 2.59. The number of ether oxygens (including phenoxy) is 1. The molecule has 2 rings (SSSR count). The molecule has 6 N–H and O–H groups in total. The van der Waals surface area contributed by atoms with E-state index in [0.717, 1.165) is 4.57 Å². The largest absolute Gasteiger partial charge is 0.391 e. The average Bonchev–Trinajstić information content (AvgIpc) is 2.63. The molecule has 1 aliphatic rings. The normalized spacial score (nSPS) is 33.6. The summed E-state index contributed by atoms with van der Waals surface area (Å²) in [7, 11) is 0. The van der Waals surface area contributed by atoms with Crippen molar-refractivity contribution in [3.8, 4) is 12.3 Å². The molecule has 8 heteroatoms. The van der Waals surface area contributed by atoms with Gasteiger partial charge in [0, 0.05) is 5.69 Å². The molecule has 0 spiro atoms. The van der Waals surface area contributed by atoms with Gasteiger partial charge in [-0.05, 0) is 19.9 Å². The number of aliphatic hydroxyl groups excluding tert-OH is 2. The van der Waals surface area contributed by atoms with E-state index in [1.807, 2.05) is 0 Å². The van der Waals surface area contributed by atoms with Crippen LogP contribution < -0.4 is 17.2 Å². The molecule has 1 aliphatic heterocycles. The summed E-state index contributed by atoms with van der Waals surface area (Å²) < 4.78 is 6.67. The number of nitrogens with two attached hydrogens (primary N) is 2. The van der Waals surface area contributed by atoms with Crippen LogP contribution in [0.4, 0.5) is 5.82 Å². The Kier molecular flexibility index (Phi) is 3.78. The lowest BCUT2D eigenvalue weighted by molar-refractivity contribution is -0.0783. The molecule has 0 aliphatic carbocycles. The zero-order chi connectivity index (χ0) is 15.9. The SMILES string of the molecule is C#CC1(N)[C@@H](O)[C@@H]([C@@H](C)O)O[C@H]1n1c(C)cc(N)nc1=O. The Labute approximate surface area is 121 Å². The van der Waals surface area contributed by atoms with Crippen LogP contribution in [0.5, 0.6) is 0 Å². The highest BCUT2D eigenvalue weighted by atomic mass is 16.5. The van der Waals surface area contributed by atoms with Crippen molar-refractivity contribution in [3.05, 3.63) is 22.2 Å². The summed E-state index contributed by atoms with van der Waals surface area (Å²) in [5.41, 5.74) is 9.61. The van der Waals surface area contributed by atoms with Gasteiger partial charge in [0.15, 0.2) is 11.8 Å². The Bertz CT molecular complexity index is 651. The molecule has 0 saturated carbocycles. The fourth-order valence-electron chi connectivity index (χ4n) is 2.48. The van der Waals surface area contributed by atoms with E-state index in [-0.39, 0.29) is 5.82 Å². The molecule has 0 bridgehead atoms. The van der Waals surface area contributed by atoms with Crippen LogP contribution in [0.15, 0.2) is 10.9 Å². The third-order valence-electron chi connectivity index (χ3n) is 3.62. The van der Waals surface area contributed by atoms with E-state index < -0.39 is 35.8 Å². The first kappa shape index (κ1) is 15.5. The van der Waals surface area contributed by atoms with Crippen molar-refractivity contribution in [3.63, 3.8) is 0 Å². The maximum absolute atomic E-state index is 12.1. The van der Waals surface area contributed by atoms with Crippen LogP contribution in [-0.2, 0) is 4.74 Å². The highest BCUT2D eigenvalue weighted by Crippen LogP contribution is 2.37. The molecular weight excluding hydrogens is 276 g/mol. The number of nitrogen functional groups attached to an aromatic ring is 1. The molecule has 5 atom stereocenters. The van der Waals surface area contributed by atoms with E-state index in [4.69, 9.17) is 22.6 Å². The highest BCUT2D eigenvalue weighted by molar-refractivity contribution is 5.30. The summed E-state index contributed by atoms with van der Waals surface area (Å²) in [5, 5.41) is 19.9. The van der Waals surface area contributed by atoms with E-state index in [9.17, 15) is 15.0 Å². The van der Waals surface area contributed by atoms with E-state index in [1.54, 1.807) is 6.92 Å². The van der Waals surface area contributed by atoms with Gasteiger partial charge in [-0.3, -0.25) is 4.57 Å². The maximum Gasteiger partial charge on any atom is 0.351 e. The summed E-state index contributed by atoms with van der Waals surface area (Å²) in [6.07, 6.45) is 0.901. The van der Waals surface area contributed by atoms with Gasteiger partial charge in [0.1, 0.15) is 18.0 Å². The predicted molar refractivity (Wildman–Crippen MR) is 75.0 cm³/mol. The van der Waals surface area contributed by atoms with Crippen molar-refractivity contribution in [2.75, 3.05) is 5.73 Å². The number of aryl methyl sites for hydroxylation is 1. The Morgan fingerprint density at radius 2 is 2.29 bits per heavy atom. The van der Waals surface area contributed by atoms with Gasteiger partial charge >= 0.3 is 5.69 Å². The topological polar surface area (TPSA) is 137 Å². The third kappa shape index (κ3) is 2.30. The Morgan fingerprint density at radius 3 is 2.76 bits per heavy atom. The smallest absolute Gasteiger partial charge is 0.351 e. The lowest BCUT2D eigenvalue weighted by Gasteiger charge is -2.28. The number of rotatable bonds is 2. The number of aliphatic hydroxyl groups is 2. The van der Waals surface area contributed by atoms with Gasteiger partial charge in [-0.2, -0.15) is 4.98 Å². The molecular formula is C13H18N4O4. The quantitative estimate of drug-likeness (QED) is 0.468. The lowest BCUT2D eigenvalue weighted by atomic mass is 9.90. The molecule has 1 fully saturated rings. The van der Waals surface area contributed by atoms with Gasteiger partial charge in [-0.1, -0.05) is 5.92 Å². The lowest BCUT2D eigenvalue weighted by Crippen LogP contribution is -2.55. The molecule has 1 saturated heterocycles. The minimum Gasteiger partial charge on any atom is -0.391 e. The van der Waals surface area contributed by atoms with Gasteiger partial charge in [0.25, 0.3) is 0 Å². The van der Waals surface area contributed by atoms with Crippen LogP contribution in [-0.4, -0.2) is 43.6 Å². The fraction of sp³-hybridized carbons (Fsp3) is 0.538. The second-order valence-electron chi connectivity index (χ2n) is 5.19. The summed E-state index contributed by atoms with van der Waals surface area (Å²) >= 11 is 0. The molecule has 1 unspecified atom stereocenters. The summed E-state index contributed by atoms with van der Waals surface area (Å²) in [4.78, 5) is 15.7. The fourth-order valence-corrected chi connectivity index (χ4v) is 2.48. The maximum atomic E-state index is 12.1. The summed E-state index contributed by atoms with van der Waals surface area (Å²) in [6.45, 7) is 3.05. The third-order valence-corrected chi connectivity index (χ3v) is 3.62. The van der Waals surface area contributed by atoms with Crippen LogP contribution in [0.1, 0.15) is 18.8 Å². The van der Waals surface area contributed by atoms with Gasteiger partial charge < -0.3 is 26.4 Å². The number of anilines is 1. The molecule has 21 heavy (non-hydrogen) atoms. The first-order valence-electron chi connectivity index (χ1n) is 6.36. The van der Waals surface area contributed by atoms with E-state index >= 15 is 0 Å². The zero-order valence-electron chi connectivity index (χ0n) is 11.7. The van der Waals surface area contributed by atoms with Gasteiger partial charge in [-0.25, -0.2) is 4.79 Å². The number of aromatic nitrogens is 2. The summed E-state index contributed by atoms with van der Waals surface area (Å²) in [5.74, 6) is 2.32. The average molecular weight is 294 g/mol. The molecule has 0 radical (unpaired) electrons. The monoisotopic (exact) mass is 294 g/mol. The van der Waals surface area contributed by atoms with Gasteiger partial charge in [-0.15, -0.1) is 6.42 Å². The van der Waals surface area contributed by atoms with Crippen molar-refractivity contribution >= 4 is 5.82 Å². The minimum atomic E-state index is -1.67. The number of hydrogen-bond donors (Lipinski definition) is 4. The van der Waals surface area contributed by atoms with Crippen LogP contribution in [0, 0.1) is 19.3 Å². The number of nitrogens with zero attached hydrogens (tertiary/aromatic N) is 2. The Hall–Kier alpha value is -1.92. The van der Waals surface area contributed by atoms with Crippen LogP contribution in [0.3, 0.4) is 0 Å². The first-order valence-corrected chi connectivity index (χ1v) is 6.36. The van der Waals surface area contributed by atoms with Crippen molar-refractivity contribution in [2.24, 2.45) is 5.73 Å². The van der Waals surface area contributed by atoms with Gasteiger partial charge in [0.2, 0.25) is 0 Å². The van der Waals surface area contributed by atoms with Crippen LogP contribution in [0.25, 0.3) is 0 Å². The molecule has 2 heterocycles. The van der Waals surface area contributed by atoms with Crippen molar-refractivity contribution in [2.45, 2.75) is 43.9 Å². The molecule has 114 valence electrons. The molecule has 0 amide bonds.